The molecule has 0 atom stereocenters. The Kier molecular flexibility index (Phi) is 4.03. The lowest BCUT2D eigenvalue weighted by atomic mass is 9.49. The summed E-state index contributed by atoms with van der Waals surface area (Å²) in [6.07, 6.45) is 8.57. The Hall–Kier alpha value is -1.55. The number of phenols is 1. The maximum absolute atomic E-state index is 11.5. The van der Waals surface area contributed by atoms with Crippen LogP contribution in [0.15, 0.2) is 18.2 Å². The number of esters is 1. The van der Waals surface area contributed by atoms with E-state index in [0.29, 0.717) is 17.5 Å². The van der Waals surface area contributed by atoms with Gasteiger partial charge in [0.25, 0.3) is 0 Å². The molecule has 1 aromatic carbocycles. The van der Waals surface area contributed by atoms with Gasteiger partial charge in [-0.25, -0.2) is 4.79 Å². The summed E-state index contributed by atoms with van der Waals surface area (Å²) in [6, 6.07) is 5.02. The zero-order chi connectivity index (χ0) is 16.7. The second kappa shape index (κ2) is 6.07. The molecule has 0 amide bonds. The van der Waals surface area contributed by atoms with Gasteiger partial charge in [0.05, 0.1) is 12.7 Å². The number of benzene rings is 1. The molecular formula is C20H27NO3. The van der Waals surface area contributed by atoms with Crippen molar-refractivity contribution in [1.82, 2.24) is 5.32 Å². The first-order valence-electron chi connectivity index (χ1n) is 9.18. The van der Waals surface area contributed by atoms with E-state index in [0.717, 1.165) is 29.9 Å². The van der Waals surface area contributed by atoms with E-state index in [1.807, 2.05) is 6.07 Å². The fourth-order valence-corrected chi connectivity index (χ4v) is 5.93. The minimum absolute atomic E-state index is 0.163. The van der Waals surface area contributed by atoms with Gasteiger partial charge in [-0.05, 0) is 73.8 Å². The maximum atomic E-state index is 11.5. The van der Waals surface area contributed by atoms with E-state index in [2.05, 4.69) is 10.1 Å². The summed E-state index contributed by atoms with van der Waals surface area (Å²) in [5.74, 6) is 2.64. The van der Waals surface area contributed by atoms with E-state index in [4.69, 9.17) is 0 Å². The van der Waals surface area contributed by atoms with Crippen LogP contribution in [0.2, 0.25) is 0 Å². The van der Waals surface area contributed by atoms with Gasteiger partial charge in [0.2, 0.25) is 0 Å². The average Bonchev–Trinajstić information content (AvgIpc) is 2.54. The zero-order valence-electron chi connectivity index (χ0n) is 14.4. The topological polar surface area (TPSA) is 58.6 Å². The third-order valence-electron chi connectivity index (χ3n) is 6.49. The van der Waals surface area contributed by atoms with Crippen LogP contribution in [-0.4, -0.2) is 24.7 Å². The molecule has 4 bridgehead atoms. The van der Waals surface area contributed by atoms with Crippen LogP contribution in [0.25, 0.3) is 0 Å². The number of carbonyl (C=O) groups excluding carboxylic acids is 1. The molecule has 4 saturated carbocycles. The first-order valence-corrected chi connectivity index (χ1v) is 9.18. The predicted octanol–water partition coefficient (Wildman–Crippen LogP) is 3.48. The van der Waals surface area contributed by atoms with Gasteiger partial charge in [-0.3, -0.25) is 0 Å². The van der Waals surface area contributed by atoms with Gasteiger partial charge in [0, 0.05) is 18.7 Å². The summed E-state index contributed by atoms with van der Waals surface area (Å²) in [7, 11) is 1.35. The molecule has 0 spiro atoms. The summed E-state index contributed by atoms with van der Waals surface area (Å²) < 4.78 is 4.68. The van der Waals surface area contributed by atoms with Crippen molar-refractivity contribution in [3.05, 3.63) is 29.3 Å². The van der Waals surface area contributed by atoms with Crippen molar-refractivity contribution in [2.75, 3.05) is 13.7 Å². The Morgan fingerprint density at radius 2 is 1.83 bits per heavy atom. The monoisotopic (exact) mass is 329 g/mol. The van der Waals surface area contributed by atoms with E-state index < -0.39 is 5.97 Å². The van der Waals surface area contributed by atoms with Gasteiger partial charge >= 0.3 is 5.97 Å². The lowest BCUT2D eigenvalue weighted by Gasteiger charge is -2.57. The summed E-state index contributed by atoms with van der Waals surface area (Å²) >= 11 is 0. The van der Waals surface area contributed by atoms with E-state index in [1.54, 1.807) is 6.07 Å². The van der Waals surface area contributed by atoms with Crippen LogP contribution in [0.1, 0.15) is 54.4 Å². The number of ether oxygens (including phenoxy) is 1. The number of methoxy groups -OCH3 is 1. The van der Waals surface area contributed by atoms with Crippen molar-refractivity contribution in [2.45, 2.75) is 45.1 Å². The summed E-state index contributed by atoms with van der Waals surface area (Å²) in [6.45, 7) is 1.70. The van der Waals surface area contributed by atoms with E-state index in [-0.39, 0.29) is 5.75 Å². The van der Waals surface area contributed by atoms with E-state index in [9.17, 15) is 9.90 Å². The standard InChI is InChI=1S/C20H27NO3/c1-24-19(23)16-2-3-17(18(22)7-16)11-21-12-20-8-13-4-14(9-20)6-15(5-13)10-20/h2-3,7,13-15,21-22H,4-6,8-12H2,1H3. The van der Waals surface area contributed by atoms with Gasteiger partial charge in [-0.1, -0.05) is 6.07 Å². The number of phenolic OH excluding ortho intramolecular Hbond substituents is 1. The van der Waals surface area contributed by atoms with Crippen molar-refractivity contribution in [3.63, 3.8) is 0 Å². The molecule has 4 heteroatoms. The van der Waals surface area contributed by atoms with Gasteiger partial charge in [0.15, 0.2) is 0 Å². The molecule has 0 aliphatic heterocycles. The van der Waals surface area contributed by atoms with Crippen molar-refractivity contribution in [2.24, 2.45) is 23.2 Å². The summed E-state index contributed by atoms with van der Waals surface area (Å²) in [5.41, 5.74) is 1.73. The van der Waals surface area contributed by atoms with Crippen LogP contribution in [-0.2, 0) is 11.3 Å². The zero-order valence-corrected chi connectivity index (χ0v) is 14.4. The molecule has 130 valence electrons. The minimum atomic E-state index is -0.418. The van der Waals surface area contributed by atoms with E-state index >= 15 is 0 Å². The number of carbonyl (C=O) groups is 1. The Labute approximate surface area is 143 Å². The maximum Gasteiger partial charge on any atom is 0.337 e. The van der Waals surface area contributed by atoms with Gasteiger partial charge in [-0.15, -0.1) is 0 Å². The molecule has 0 radical (unpaired) electrons. The van der Waals surface area contributed by atoms with Crippen molar-refractivity contribution >= 4 is 5.97 Å². The highest BCUT2D eigenvalue weighted by atomic mass is 16.5. The fourth-order valence-electron chi connectivity index (χ4n) is 5.93. The third kappa shape index (κ3) is 2.92. The van der Waals surface area contributed by atoms with Crippen LogP contribution in [0.5, 0.6) is 5.75 Å². The lowest BCUT2D eigenvalue weighted by Crippen LogP contribution is -2.50. The molecule has 0 heterocycles. The molecule has 0 aromatic heterocycles. The molecule has 24 heavy (non-hydrogen) atoms. The highest BCUT2D eigenvalue weighted by Crippen LogP contribution is 2.59. The number of hydrogen-bond acceptors (Lipinski definition) is 4. The fraction of sp³-hybridized carbons (Fsp3) is 0.650. The lowest BCUT2D eigenvalue weighted by molar-refractivity contribution is -0.0514. The first kappa shape index (κ1) is 15.9. The number of nitrogens with one attached hydrogen (secondary N) is 1. The Bertz CT molecular complexity index is 604. The average molecular weight is 329 g/mol. The second-order valence-corrected chi connectivity index (χ2v) is 8.36. The van der Waals surface area contributed by atoms with Gasteiger partial charge in [0.1, 0.15) is 5.75 Å². The highest BCUT2D eigenvalue weighted by Gasteiger charge is 2.50. The molecule has 2 N–H and O–H groups in total. The largest absolute Gasteiger partial charge is 0.508 e. The molecule has 4 fully saturated rings. The molecule has 4 aliphatic rings. The number of hydrogen-bond donors (Lipinski definition) is 2. The Morgan fingerprint density at radius 1 is 1.21 bits per heavy atom. The SMILES string of the molecule is COC(=O)c1ccc(CNCC23CC4CC(CC(C4)C2)C3)c(O)c1. The van der Waals surface area contributed by atoms with Crippen LogP contribution in [0.4, 0.5) is 0 Å². The Morgan fingerprint density at radius 3 is 2.38 bits per heavy atom. The molecule has 1 aromatic rings. The van der Waals surface area contributed by atoms with E-state index in [1.165, 1.54) is 51.7 Å². The third-order valence-corrected chi connectivity index (χ3v) is 6.49. The normalized spacial score (nSPS) is 33.6. The molecular weight excluding hydrogens is 302 g/mol. The minimum Gasteiger partial charge on any atom is -0.508 e. The van der Waals surface area contributed by atoms with Crippen LogP contribution >= 0.6 is 0 Å². The molecule has 0 unspecified atom stereocenters. The number of rotatable bonds is 5. The summed E-state index contributed by atoms with van der Waals surface area (Å²) in [5, 5.41) is 13.7. The Balaban J connectivity index is 1.37. The molecule has 4 aliphatic carbocycles. The van der Waals surface area contributed by atoms with Crippen LogP contribution in [0, 0.1) is 23.2 Å². The van der Waals surface area contributed by atoms with Gasteiger partial charge in [-0.2, -0.15) is 0 Å². The predicted molar refractivity (Wildman–Crippen MR) is 91.8 cm³/mol. The van der Waals surface area contributed by atoms with Crippen molar-refractivity contribution in [1.29, 1.82) is 0 Å². The quantitative estimate of drug-likeness (QED) is 0.812. The van der Waals surface area contributed by atoms with Crippen molar-refractivity contribution in [3.8, 4) is 5.75 Å². The summed E-state index contributed by atoms with van der Waals surface area (Å²) in [4.78, 5) is 11.5. The second-order valence-electron chi connectivity index (χ2n) is 8.36. The first-order chi connectivity index (χ1) is 11.6. The highest BCUT2D eigenvalue weighted by molar-refractivity contribution is 5.89. The molecule has 0 saturated heterocycles. The van der Waals surface area contributed by atoms with Gasteiger partial charge < -0.3 is 15.2 Å². The van der Waals surface area contributed by atoms with Crippen LogP contribution in [0.3, 0.4) is 0 Å². The van der Waals surface area contributed by atoms with Crippen LogP contribution < -0.4 is 5.32 Å². The smallest absolute Gasteiger partial charge is 0.337 e. The molecule has 5 rings (SSSR count). The molecule has 4 nitrogen and oxygen atoms in total. The van der Waals surface area contributed by atoms with Crippen molar-refractivity contribution < 1.29 is 14.6 Å². The number of aromatic hydroxyl groups is 1.